The molecule has 0 spiro atoms. The van der Waals surface area contributed by atoms with Crippen molar-refractivity contribution in [1.82, 2.24) is 10.3 Å². The maximum Gasteiger partial charge on any atom is 0.267 e. The fraction of sp³-hybridized carbons (Fsp3) is 0.0625. The fourth-order valence-corrected chi connectivity index (χ4v) is 4.06. The Kier molecular flexibility index (Phi) is 4.40. The van der Waals surface area contributed by atoms with Gasteiger partial charge in [-0.25, -0.2) is 12.8 Å². The molecule has 0 saturated carbocycles. The van der Waals surface area contributed by atoms with E-state index in [9.17, 15) is 17.6 Å². The quantitative estimate of drug-likeness (QED) is 0.648. The second kappa shape index (κ2) is 6.38. The number of hydrogen-bond acceptors (Lipinski definition) is 3. The van der Waals surface area contributed by atoms with Crippen molar-refractivity contribution < 1.29 is 17.6 Å². The molecule has 2 aromatic carbocycles. The van der Waals surface area contributed by atoms with Gasteiger partial charge in [-0.1, -0.05) is 17.7 Å². The van der Waals surface area contributed by atoms with Crippen LogP contribution < -0.4 is 10.0 Å². The van der Waals surface area contributed by atoms with Crippen LogP contribution in [0.3, 0.4) is 0 Å². The van der Waals surface area contributed by atoms with Crippen LogP contribution in [0.5, 0.6) is 0 Å². The van der Waals surface area contributed by atoms with E-state index in [1.54, 1.807) is 12.1 Å². The van der Waals surface area contributed by atoms with Crippen molar-refractivity contribution >= 4 is 44.1 Å². The number of fused-ring (bicyclic) bond motifs is 1. The Morgan fingerprint density at radius 3 is 2.64 bits per heavy atom. The topological polar surface area (TPSA) is 91.1 Å². The molecule has 6 nitrogen and oxygen atoms in total. The summed E-state index contributed by atoms with van der Waals surface area (Å²) in [6.07, 6.45) is 0. The third kappa shape index (κ3) is 3.31. The van der Waals surface area contributed by atoms with Crippen molar-refractivity contribution in [3.8, 4) is 0 Å². The molecule has 0 unspecified atom stereocenters. The predicted octanol–water partition coefficient (Wildman–Crippen LogP) is 3.12. The summed E-state index contributed by atoms with van der Waals surface area (Å²) < 4.78 is 41.0. The van der Waals surface area contributed by atoms with Gasteiger partial charge < -0.3 is 10.3 Å². The van der Waals surface area contributed by atoms with Crippen LogP contribution in [-0.2, 0) is 10.0 Å². The number of aromatic amines is 1. The van der Waals surface area contributed by atoms with E-state index in [0.717, 1.165) is 6.07 Å². The molecular weight excluding hydrogens is 369 g/mol. The summed E-state index contributed by atoms with van der Waals surface area (Å²) in [5.41, 5.74) is 1.22. The van der Waals surface area contributed by atoms with Gasteiger partial charge in [-0.15, -0.1) is 0 Å². The average molecular weight is 382 g/mol. The Balaban J connectivity index is 1.98. The number of anilines is 1. The van der Waals surface area contributed by atoms with Gasteiger partial charge in [0.05, 0.1) is 5.02 Å². The minimum absolute atomic E-state index is 0.211. The molecule has 0 aliphatic rings. The molecule has 1 aromatic heterocycles. The van der Waals surface area contributed by atoms with Gasteiger partial charge in [-0.05, 0) is 36.4 Å². The van der Waals surface area contributed by atoms with Gasteiger partial charge in [-0.2, -0.15) is 0 Å². The molecule has 1 heterocycles. The number of sulfonamides is 1. The van der Waals surface area contributed by atoms with Crippen molar-refractivity contribution in [3.63, 3.8) is 0 Å². The fourth-order valence-electron chi connectivity index (χ4n) is 2.40. The monoisotopic (exact) mass is 381 g/mol. The molecule has 130 valence electrons. The van der Waals surface area contributed by atoms with E-state index >= 15 is 0 Å². The van der Waals surface area contributed by atoms with Gasteiger partial charge in [0.15, 0.2) is 0 Å². The average Bonchev–Trinajstić information content (AvgIpc) is 2.96. The van der Waals surface area contributed by atoms with Gasteiger partial charge >= 0.3 is 0 Å². The van der Waals surface area contributed by atoms with E-state index in [1.807, 2.05) is 0 Å². The van der Waals surface area contributed by atoms with Crippen molar-refractivity contribution in [1.29, 1.82) is 0 Å². The number of nitrogens with one attached hydrogen (secondary N) is 3. The van der Waals surface area contributed by atoms with Crippen LogP contribution in [-0.4, -0.2) is 26.4 Å². The number of carbonyl (C=O) groups is 1. The number of hydrogen-bond donors (Lipinski definition) is 3. The maximum atomic E-state index is 13.9. The second-order valence-corrected chi connectivity index (χ2v) is 7.25. The van der Waals surface area contributed by atoms with Gasteiger partial charge in [0.2, 0.25) is 0 Å². The number of rotatable bonds is 4. The Morgan fingerprint density at radius 2 is 1.96 bits per heavy atom. The lowest BCUT2D eigenvalue weighted by Crippen LogP contribution is -2.17. The van der Waals surface area contributed by atoms with Crippen molar-refractivity contribution in [2.24, 2.45) is 0 Å². The zero-order valence-corrected chi connectivity index (χ0v) is 14.5. The van der Waals surface area contributed by atoms with Crippen LogP contribution >= 0.6 is 11.6 Å². The van der Waals surface area contributed by atoms with E-state index in [-0.39, 0.29) is 16.6 Å². The Bertz CT molecular complexity index is 1060. The zero-order valence-electron chi connectivity index (χ0n) is 12.9. The largest absolute Gasteiger partial charge is 0.354 e. The number of benzene rings is 2. The molecule has 25 heavy (non-hydrogen) atoms. The first kappa shape index (κ1) is 17.2. The minimum atomic E-state index is -4.20. The molecule has 9 heteroatoms. The van der Waals surface area contributed by atoms with E-state index in [1.165, 1.54) is 31.3 Å². The van der Waals surface area contributed by atoms with Crippen molar-refractivity contribution in [2.75, 3.05) is 11.8 Å². The van der Waals surface area contributed by atoms with Crippen LogP contribution in [0.2, 0.25) is 5.02 Å². The molecular formula is C16H13ClFN3O3S. The standard InChI is InChI=1S/C16H13ClFN3O3S/c1-19-16(22)14-8-9-7-10(5-6-13(9)20-14)21-25(23,24)15-11(17)3-2-4-12(15)18/h2-8,20-21H,1H3,(H,19,22). The molecule has 0 aliphatic heterocycles. The molecule has 0 atom stereocenters. The molecule has 1 amide bonds. The number of halogens is 2. The third-order valence-electron chi connectivity index (χ3n) is 3.53. The number of aromatic nitrogens is 1. The van der Waals surface area contributed by atoms with Gasteiger partial charge in [-0.3, -0.25) is 9.52 Å². The molecule has 3 aromatic rings. The Labute approximate surface area is 148 Å². The molecule has 3 N–H and O–H groups in total. The molecule has 0 bridgehead atoms. The molecule has 0 aliphatic carbocycles. The molecule has 0 fully saturated rings. The summed E-state index contributed by atoms with van der Waals surface area (Å²) in [6, 6.07) is 9.87. The smallest absolute Gasteiger partial charge is 0.267 e. The first-order chi connectivity index (χ1) is 11.8. The number of amides is 1. The first-order valence-electron chi connectivity index (χ1n) is 7.13. The van der Waals surface area contributed by atoms with E-state index in [2.05, 4.69) is 15.0 Å². The third-order valence-corrected chi connectivity index (χ3v) is 5.42. The van der Waals surface area contributed by atoms with Crippen molar-refractivity contribution in [3.05, 3.63) is 59.0 Å². The van der Waals surface area contributed by atoms with Gasteiger partial charge in [0.1, 0.15) is 16.4 Å². The zero-order chi connectivity index (χ0) is 18.2. The summed E-state index contributed by atoms with van der Waals surface area (Å²) in [7, 11) is -2.70. The summed E-state index contributed by atoms with van der Waals surface area (Å²) in [6.45, 7) is 0. The summed E-state index contributed by atoms with van der Waals surface area (Å²) >= 11 is 5.82. The normalized spacial score (nSPS) is 11.5. The van der Waals surface area contributed by atoms with Crippen LogP contribution in [0.25, 0.3) is 10.9 Å². The molecule has 0 radical (unpaired) electrons. The van der Waals surface area contributed by atoms with Gasteiger partial charge in [0.25, 0.3) is 15.9 Å². The summed E-state index contributed by atoms with van der Waals surface area (Å²) in [5.74, 6) is -1.24. The molecule has 0 saturated heterocycles. The number of H-pyrrole nitrogens is 1. The van der Waals surface area contributed by atoms with Crippen LogP contribution in [0, 0.1) is 5.82 Å². The lowest BCUT2D eigenvalue weighted by molar-refractivity contribution is 0.0959. The highest BCUT2D eigenvalue weighted by Crippen LogP contribution is 2.27. The van der Waals surface area contributed by atoms with Crippen molar-refractivity contribution in [2.45, 2.75) is 4.90 Å². The first-order valence-corrected chi connectivity index (χ1v) is 8.99. The summed E-state index contributed by atoms with van der Waals surface area (Å²) in [4.78, 5) is 13.9. The lowest BCUT2D eigenvalue weighted by Gasteiger charge is -2.10. The Morgan fingerprint density at radius 1 is 1.20 bits per heavy atom. The van der Waals surface area contributed by atoms with Gasteiger partial charge in [0, 0.05) is 23.6 Å². The lowest BCUT2D eigenvalue weighted by atomic mass is 10.2. The maximum absolute atomic E-state index is 13.9. The highest BCUT2D eigenvalue weighted by molar-refractivity contribution is 7.92. The number of carbonyl (C=O) groups excluding carboxylic acids is 1. The van der Waals surface area contributed by atoms with E-state index < -0.39 is 20.7 Å². The van der Waals surface area contributed by atoms with E-state index in [4.69, 9.17) is 11.6 Å². The second-order valence-electron chi connectivity index (χ2n) is 5.22. The minimum Gasteiger partial charge on any atom is -0.354 e. The molecule has 3 rings (SSSR count). The highest BCUT2D eigenvalue weighted by atomic mass is 35.5. The highest BCUT2D eigenvalue weighted by Gasteiger charge is 2.23. The Hall–Kier alpha value is -2.58. The van der Waals surface area contributed by atoms with Crippen LogP contribution in [0.15, 0.2) is 47.4 Å². The van der Waals surface area contributed by atoms with E-state index in [0.29, 0.717) is 16.6 Å². The van der Waals surface area contributed by atoms with Crippen LogP contribution in [0.1, 0.15) is 10.5 Å². The SMILES string of the molecule is CNC(=O)c1cc2cc(NS(=O)(=O)c3c(F)cccc3Cl)ccc2[nH]1. The van der Waals surface area contributed by atoms with Crippen LogP contribution in [0.4, 0.5) is 10.1 Å². The summed E-state index contributed by atoms with van der Waals surface area (Å²) in [5, 5.41) is 2.90. The predicted molar refractivity (Wildman–Crippen MR) is 93.9 cm³/mol.